The van der Waals surface area contributed by atoms with Gasteiger partial charge >= 0.3 is 0 Å². The Morgan fingerprint density at radius 1 is 1.38 bits per heavy atom. The van der Waals surface area contributed by atoms with Gasteiger partial charge in [0.15, 0.2) is 5.78 Å². The smallest absolute Gasteiger partial charge is 0.151 e. The number of benzene rings is 1. The molecule has 0 aliphatic heterocycles. The Bertz CT molecular complexity index is 421. The highest BCUT2D eigenvalue weighted by Crippen LogP contribution is 2.17. The number of ketones is 1. The first-order valence-electron chi connectivity index (χ1n) is 4.98. The molecule has 88 valence electrons. The molecule has 1 atom stereocenters. The van der Waals surface area contributed by atoms with Crippen LogP contribution >= 0.6 is 0 Å². The molecule has 0 radical (unpaired) electrons. The van der Waals surface area contributed by atoms with Crippen LogP contribution in [-0.4, -0.2) is 15.7 Å². The fourth-order valence-electron chi connectivity index (χ4n) is 1.03. The van der Waals surface area contributed by atoms with Crippen molar-refractivity contribution in [3.63, 3.8) is 0 Å². The molecule has 16 heavy (non-hydrogen) atoms. The molecule has 0 N–H and O–H groups in total. The zero-order valence-electron chi connectivity index (χ0n) is 9.62. The largest absolute Gasteiger partial charge is 0.298 e. The van der Waals surface area contributed by atoms with Crippen LogP contribution in [0.4, 0.5) is 4.39 Å². The summed E-state index contributed by atoms with van der Waals surface area (Å²) in [6.07, 6.45) is 0. The van der Waals surface area contributed by atoms with Crippen LogP contribution in [0.5, 0.6) is 0 Å². The van der Waals surface area contributed by atoms with E-state index in [4.69, 9.17) is 0 Å². The summed E-state index contributed by atoms with van der Waals surface area (Å²) in [5.74, 6) is -0.586. The third-order valence-electron chi connectivity index (χ3n) is 2.16. The van der Waals surface area contributed by atoms with Gasteiger partial charge in [-0.15, -0.1) is 0 Å². The van der Waals surface area contributed by atoms with Crippen LogP contribution in [0.15, 0.2) is 29.2 Å². The Hall–Kier alpha value is -1.03. The minimum Gasteiger partial charge on any atom is -0.298 e. The van der Waals surface area contributed by atoms with Crippen molar-refractivity contribution in [2.45, 2.75) is 25.7 Å². The van der Waals surface area contributed by atoms with Gasteiger partial charge < -0.3 is 0 Å². The maximum Gasteiger partial charge on any atom is 0.151 e. The van der Waals surface area contributed by atoms with Crippen molar-refractivity contribution >= 4 is 16.6 Å². The maximum atomic E-state index is 12.9. The number of carbonyl (C=O) groups excluding carboxylic acids is 1. The van der Waals surface area contributed by atoms with Crippen LogP contribution in [-0.2, 0) is 15.6 Å². The first-order valence-corrected chi connectivity index (χ1v) is 6.30. The topological polar surface area (TPSA) is 34.1 Å². The summed E-state index contributed by atoms with van der Waals surface area (Å²) >= 11 is 0. The molecule has 4 heteroatoms. The highest BCUT2D eigenvalue weighted by atomic mass is 32.2. The second-order valence-electron chi connectivity index (χ2n) is 4.62. The van der Waals surface area contributed by atoms with Crippen LogP contribution in [0.2, 0.25) is 0 Å². The SMILES string of the molecule is CC(C)(C)C(=O)CS(=O)c1cccc(F)c1. The standard InChI is InChI=1S/C12H15FO2S/c1-12(2,3)11(14)8-16(15)10-6-4-5-9(13)7-10/h4-7H,8H2,1-3H3. The molecule has 0 bridgehead atoms. The molecule has 1 aromatic rings. The van der Waals surface area contributed by atoms with E-state index in [0.717, 1.165) is 0 Å². The van der Waals surface area contributed by atoms with Crippen molar-refractivity contribution in [3.05, 3.63) is 30.1 Å². The quantitative estimate of drug-likeness (QED) is 0.816. The lowest BCUT2D eigenvalue weighted by atomic mass is 9.92. The van der Waals surface area contributed by atoms with Crippen molar-refractivity contribution in [2.24, 2.45) is 5.41 Å². The molecule has 1 unspecified atom stereocenters. The van der Waals surface area contributed by atoms with E-state index in [1.165, 1.54) is 18.2 Å². The monoisotopic (exact) mass is 242 g/mol. The molecule has 0 aliphatic rings. The Kier molecular flexibility index (Phi) is 3.97. The van der Waals surface area contributed by atoms with Crippen molar-refractivity contribution in [1.29, 1.82) is 0 Å². The fraction of sp³-hybridized carbons (Fsp3) is 0.417. The molecule has 0 fully saturated rings. The van der Waals surface area contributed by atoms with Crippen molar-refractivity contribution < 1.29 is 13.4 Å². The third kappa shape index (κ3) is 3.52. The van der Waals surface area contributed by atoms with E-state index in [2.05, 4.69) is 0 Å². The molecule has 2 nitrogen and oxygen atoms in total. The normalized spacial score (nSPS) is 13.5. The van der Waals surface area contributed by atoms with Gasteiger partial charge in [0.1, 0.15) is 5.82 Å². The number of hydrogen-bond donors (Lipinski definition) is 0. The van der Waals surface area contributed by atoms with Gasteiger partial charge in [0.05, 0.1) is 16.6 Å². The van der Waals surface area contributed by atoms with Gasteiger partial charge in [-0.1, -0.05) is 26.8 Å². The average molecular weight is 242 g/mol. The third-order valence-corrected chi connectivity index (χ3v) is 3.46. The summed E-state index contributed by atoms with van der Waals surface area (Å²) in [6.45, 7) is 5.33. The van der Waals surface area contributed by atoms with Crippen LogP contribution in [0, 0.1) is 11.2 Å². The lowest BCUT2D eigenvalue weighted by Gasteiger charge is -2.15. The molecule has 0 saturated heterocycles. The van der Waals surface area contributed by atoms with Crippen molar-refractivity contribution in [3.8, 4) is 0 Å². The molecule has 0 heterocycles. The second-order valence-corrected chi connectivity index (χ2v) is 6.07. The molecule has 0 spiro atoms. The minimum atomic E-state index is -1.46. The van der Waals surface area contributed by atoms with Gasteiger partial charge in [0.25, 0.3) is 0 Å². The highest BCUT2D eigenvalue weighted by molar-refractivity contribution is 7.85. The van der Waals surface area contributed by atoms with Gasteiger partial charge in [0, 0.05) is 10.3 Å². The first-order chi connectivity index (χ1) is 7.30. The van der Waals surface area contributed by atoms with E-state index >= 15 is 0 Å². The molecular formula is C12H15FO2S. The number of Topliss-reactive ketones (excluding diaryl/α,β-unsaturated/α-hetero) is 1. The Balaban J connectivity index is 2.78. The molecule has 0 aromatic heterocycles. The van der Waals surface area contributed by atoms with Crippen LogP contribution in [0.25, 0.3) is 0 Å². The second kappa shape index (κ2) is 4.87. The Labute approximate surface area is 97.3 Å². The van der Waals surface area contributed by atoms with Crippen molar-refractivity contribution in [1.82, 2.24) is 0 Å². The minimum absolute atomic E-state index is 0.0625. The van der Waals surface area contributed by atoms with Gasteiger partial charge in [-0.05, 0) is 18.2 Å². The number of rotatable bonds is 3. The average Bonchev–Trinajstić information content (AvgIpc) is 2.16. The number of carbonyl (C=O) groups is 1. The lowest BCUT2D eigenvalue weighted by Crippen LogP contribution is -2.25. The summed E-state index contributed by atoms with van der Waals surface area (Å²) in [7, 11) is -1.46. The summed E-state index contributed by atoms with van der Waals surface area (Å²) in [6, 6.07) is 5.54. The van der Waals surface area contributed by atoms with Crippen LogP contribution in [0.1, 0.15) is 20.8 Å². The van der Waals surface area contributed by atoms with Gasteiger partial charge in [-0.2, -0.15) is 0 Å². The summed E-state index contributed by atoms with van der Waals surface area (Å²) in [5.41, 5.74) is -0.511. The number of halogens is 1. The van der Waals surface area contributed by atoms with Gasteiger partial charge in [0.2, 0.25) is 0 Å². The zero-order chi connectivity index (χ0) is 12.3. The molecule has 1 aromatic carbocycles. The van der Waals surface area contributed by atoms with E-state index in [9.17, 15) is 13.4 Å². The predicted octanol–water partition coefficient (Wildman–Crippen LogP) is 2.55. The van der Waals surface area contributed by atoms with E-state index in [0.29, 0.717) is 4.90 Å². The number of hydrogen-bond acceptors (Lipinski definition) is 2. The molecule has 0 amide bonds. The lowest BCUT2D eigenvalue weighted by molar-refractivity contribution is -0.123. The Morgan fingerprint density at radius 3 is 2.50 bits per heavy atom. The van der Waals surface area contributed by atoms with Gasteiger partial charge in [-0.3, -0.25) is 9.00 Å². The summed E-state index contributed by atoms with van der Waals surface area (Å²) < 4.78 is 24.7. The first kappa shape index (κ1) is 13.0. The van der Waals surface area contributed by atoms with Crippen molar-refractivity contribution in [2.75, 3.05) is 5.75 Å². The fourth-order valence-corrected chi connectivity index (χ4v) is 2.34. The molecule has 0 aliphatic carbocycles. The molecule has 0 saturated carbocycles. The van der Waals surface area contributed by atoms with Gasteiger partial charge in [-0.25, -0.2) is 4.39 Å². The van der Waals surface area contributed by atoms with E-state index in [-0.39, 0.29) is 11.5 Å². The van der Waals surface area contributed by atoms with E-state index in [1.807, 2.05) is 0 Å². The molecular weight excluding hydrogens is 227 g/mol. The zero-order valence-corrected chi connectivity index (χ0v) is 10.4. The highest BCUT2D eigenvalue weighted by Gasteiger charge is 2.23. The molecule has 1 rings (SSSR count). The van der Waals surface area contributed by atoms with Crippen LogP contribution < -0.4 is 0 Å². The predicted molar refractivity (Wildman–Crippen MR) is 62.1 cm³/mol. The Morgan fingerprint density at radius 2 is 2.00 bits per heavy atom. The van der Waals surface area contributed by atoms with Crippen LogP contribution in [0.3, 0.4) is 0 Å². The van der Waals surface area contributed by atoms with E-state index in [1.54, 1.807) is 26.8 Å². The summed E-state index contributed by atoms with van der Waals surface area (Å²) in [5, 5.41) is 0. The summed E-state index contributed by atoms with van der Waals surface area (Å²) in [4.78, 5) is 12.0. The van der Waals surface area contributed by atoms with E-state index < -0.39 is 22.0 Å². The maximum absolute atomic E-state index is 12.9.